The first-order valence-corrected chi connectivity index (χ1v) is 9.40. The van der Waals surface area contributed by atoms with Gasteiger partial charge in [-0.05, 0) is 33.9 Å². The van der Waals surface area contributed by atoms with Crippen LogP contribution in [0.25, 0.3) is 0 Å². The fraction of sp³-hybridized carbons (Fsp3) is 0.611. The Bertz CT molecular complexity index is 781. The van der Waals surface area contributed by atoms with Crippen LogP contribution in [0.4, 0.5) is 0 Å². The van der Waals surface area contributed by atoms with Gasteiger partial charge in [-0.1, -0.05) is 11.6 Å². The Morgan fingerprint density at radius 2 is 2.19 bits per heavy atom. The van der Waals surface area contributed by atoms with Crippen molar-refractivity contribution in [2.75, 3.05) is 33.7 Å². The SMILES string of the molecule is Cc1nn(C)c(C(=O)N2CCCC(c3nccn3CCN(C)C)C2)c1Cl. The number of carbonyl (C=O) groups excluding carboxylic acids is 1. The molecule has 1 saturated heterocycles. The summed E-state index contributed by atoms with van der Waals surface area (Å²) in [5.41, 5.74) is 1.16. The Balaban J connectivity index is 1.76. The monoisotopic (exact) mass is 378 g/mol. The number of halogens is 1. The second-order valence-corrected chi connectivity index (χ2v) is 7.62. The summed E-state index contributed by atoms with van der Waals surface area (Å²) in [7, 11) is 5.90. The van der Waals surface area contributed by atoms with Gasteiger partial charge in [0.1, 0.15) is 11.5 Å². The van der Waals surface area contributed by atoms with E-state index in [2.05, 4.69) is 33.6 Å². The van der Waals surface area contributed by atoms with Crippen molar-refractivity contribution in [1.29, 1.82) is 0 Å². The van der Waals surface area contributed by atoms with Gasteiger partial charge in [0.25, 0.3) is 5.91 Å². The quantitative estimate of drug-likeness (QED) is 0.800. The molecular formula is C18H27ClN6O. The lowest BCUT2D eigenvalue weighted by atomic mass is 9.96. The number of amides is 1. The molecule has 3 rings (SSSR count). The number of likely N-dealkylation sites (tertiary alicyclic amines) is 1. The minimum atomic E-state index is -0.0470. The van der Waals surface area contributed by atoms with Gasteiger partial charge in [0.05, 0.1) is 10.7 Å². The zero-order chi connectivity index (χ0) is 18.8. The highest BCUT2D eigenvalue weighted by atomic mass is 35.5. The van der Waals surface area contributed by atoms with Crippen molar-refractivity contribution in [2.45, 2.75) is 32.2 Å². The standard InChI is InChI=1S/C18H27ClN6O/c1-13-15(19)16(23(4)21-13)18(26)25-8-5-6-14(12-25)17-20-7-9-24(17)11-10-22(2)3/h7,9,14H,5-6,8,10-12H2,1-4H3. The predicted octanol–water partition coefficient (Wildman–Crippen LogP) is 2.16. The van der Waals surface area contributed by atoms with E-state index in [1.54, 1.807) is 11.7 Å². The fourth-order valence-electron chi connectivity index (χ4n) is 3.56. The Kier molecular flexibility index (Phi) is 5.67. The van der Waals surface area contributed by atoms with E-state index in [0.717, 1.165) is 38.3 Å². The zero-order valence-electron chi connectivity index (χ0n) is 15.9. The Morgan fingerprint density at radius 1 is 1.42 bits per heavy atom. The molecule has 1 atom stereocenters. The highest BCUT2D eigenvalue weighted by Crippen LogP contribution is 2.28. The van der Waals surface area contributed by atoms with Gasteiger partial charge in [0, 0.05) is 51.5 Å². The van der Waals surface area contributed by atoms with E-state index in [1.165, 1.54) is 0 Å². The van der Waals surface area contributed by atoms with Crippen LogP contribution in [-0.2, 0) is 13.6 Å². The third kappa shape index (κ3) is 3.78. The van der Waals surface area contributed by atoms with Crippen molar-refractivity contribution in [3.05, 3.63) is 34.6 Å². The van der Waals surface area contributed by atoms with Crippen LogP contribution in [0.5, 0.6) is 0 Å². The number of hydrogen-bond donors (Lipinski definition) is 0. The number of piperidine rings is 1. The van der Waals surface area contributed by atoms with Gasteiger partial charge in [0.15, 0.2) is 0 Å². The molecule has 3 heterocycles. The van der Waals surface area contributed by atoms with E-state index in [4.69, 9.17) is 11.6 Å². The van der Waals surface area contributed by atoms with Crippen LogP contribution in [0.15, 0.2) is 12.4 Å². The molecule has 0 radical (unpaired) electrons. The van der Waals surface area contributed by atoms with Crippen molar-refractivity contribution in [3.63, 3.8) is 0 Å². The molecule has 1 aliphatic heterocycles. The van der Waals surface area contributed by atoms with Gasteiger partial charge in [-0.25, -0.2) is 4.98 Å². The largest absolute Gasteiger partial charge is 0.337 e. The molecule has 1 unspecified atom stereocenters. The first-order valence-electron chi connectivity index (χ1n) is 9.02. The van der Waals surface area contributed by atoms with Gasteiger partial charge in [-0.3, -0.25) is 9.48 Å². The zero-order valence-corrected chi connectivity index (χ0v) is 16.7. The first kappa shape index (κ1) is 18.9. The van der Waals surface area contributed by atoms with Crippen LogP contribution in [0.3, 0.4) is 0 Å². The first-order chi connectivity index (χ1) is 12.4. The number of nitrogens with zero attached hydrogens (tertiary/aromatic N) is 6. The summed E-state index contributed by atoms with van der Waals surface area (Å²) in [6.45, 7) is 5.09. The van der Waals surface area contributed by atoms with E-state index >= 15 is 0 Å². The molecule has 1 aliphatic rings. The number of aromatic nitrogens is 4. The van der Waals surface area contributed by atoms with Crippen LogP contribution in [0, 0.1) is 6.92 Å². The molecule has 0 bridgehead atoms. The molecule has 0 aromatic carbocycles. The predicted molar refractivity (Wildman–Crippen MR) is 102 cm³/mol. The minimum absolute atomic E-state index is 0.0470. The van der Waals surface area contributed by atoms with E-state index in [1.807, 2.05) is 24.2 Å². The summed E-state index contributed by atoms with van der Waals surface area (Å²) in [5, 5.41) is 4.72. The topological polar surface area (TPSA) is 59.2 Å². The maximum absolute atomic E-state index is 13.0. The van der Waals surface area contributed by atoms with Crippen molar-refractivity contribution in [1.82, 2.24) is 29.1 Å². The second kappa shape index (κ2) is 7.80. The maximum Gasteiger partial charge on any atom is 0.273 e. The summed E-state index contributed by atoms with van der Waals surface area (Å²) in [5.74, 6) is 1.27. The highest BCUT2D eigenvalue weighted by molar-refractivity contribution is 6.34. The normalized spacial score (nSPS) is 17.9. The molecule has 0 spiro atoms. The van der Waals surface area contributed by atoms with Crippen molar-refractivity contribution >= 4 is 17.5 Å². The molecular weight excluding hydrogens is 352 g/mol. The van der Waals surface area contributed by atoms with Crippen LogP contribution < -0.4 is 0 Å². The Labute approximate surface area is 159 Å². The van der Waals surface area contributed by atoms with E-state index in [0.29, 0.717) is 23.0 Å². The van der Waals surface area contributed by atoms with E-state index < -0.39 is 0 Å². The fourth-order valence-corrected chi connectivity index (χ4v) is 3.81. The summed E-state index contributed by atoms with van der Waals surface area (Å²) >= 11 is 6.31. The van der Waals surface area contributed by atoms with Gasteiger partial charge >= 0.3 is 0 Å². The molecule has 8 heteroatoms. The lowest BCUT2D eigenvalue weighted by Gasteiger charge is -2.32. The third-order valence-electron chi connectivity index (χ3n) is 4.96. The minimum Gasteiger partial charge on any atom is -0.337 e. The maximum atomic E-state index is 13.0. The summed E-state index contributed by atoms with van der Waals surface area (Å²) in [6, 6.07) is 0. The highest BCUT2D eigenvalue weighted by Gasteiger charge is 2.30. The summed E-state index contributed by atoms with van der Waals surface area (Å²) in [6.07, 6.45) is 5.89. The molecule has 0 aliphatic carbocycles. The molecule has 0 N–H and O–H groups in total. The smallest absolute Gasteiger partial charge is 0.273 e. The molecule has 2 aromatic rings. The summed E-state index contributed by atoms with van der Waals surface area (Å²) in [4.78, 5) is 21.7. The molecule has 7 nitrogen and oxygen atoms in total. The average molecular weight is 379 g/mol. The number of hydrogen-bond acceptors (Lipinski definition) is 4. The van der Waals surface area contributed by atoms with Gasteiger partial charge in [-0.15, -0.1) is 0 Å². The third-order valence-corrected chi connectivity index (χ3v) is 5.41. The van der Waals surface area contributed by atoms with E-state index in [-0.39, 0.29) is 11.8 Å². The van der Waals surface area contributed by atoms with Crippen molar-refractivity contribution in [3.8, 4) is 0 Å². The van der Waals surface area contributed by atoms with Crippen LogP contribution in [0.1, 0.15) is 40.8 Å². The lowest BCUT2D eigenvalue weighted by Crippen LogP contribution is -2.40. The number of carbonyl (C=O) groups is 1. The molecule has 142 valence electrons. The van der Waals surface area contributed by atoms with E-state index in [9.17, 15) is 4.79 Å². The average Bonchev–Trinajstić information content (AvgIpc) is 3.17. The number of aryl methyl sites for hydroxylation is 2. The number of imidazole rings is 1. The second-order valence-electron chi connectivity index (χ2n) is 7.24. The molecule has 1 amide bonds. The Morgan fingerprint density at radius 3 is 2.85 bits per heavy atom. The molecule has 2 aromatic heterocycles. The van der Waals surface area contributed by atoms with Gasteiger partial charge in [-0.2, -0.15) is 5.10 Å². The number of rotatable bonds is 5. The van der Waals surface area contributed by atoms with Crippen LogP contribution >= 0.6 is 11.6 Å². The van der Waals surface area contributed by atoms with Gasteiger partial charge < -0.3 is 14.4 Å². The molecule has 1 fully saturated rings. The summed E-state index contributed by atoms with van der Waals surface area (Å²) < 4.78 is 3.79. The van der Waals surface area contributed by atoms with Gasteiger partial charge in [0.2, 0.25) is 0 Å². The van der Waals surface area contributed by atoms with Crippen LogP contribution in [0.2, 0.25) is 5.02 Å². The van der Waals surface area contributed by atoms with Crippen LogP contribution in [-0.4, -0.2) is 68.8 Å². The molecule has 0 saturated carbocycles. The van der Waals surface area contributed by atoms with Crippen molar-refractivity contribution < 1.29 is 4.79 Å². The molecule has 26 heavy (non-hydrogen) atoms. The number of likely N-dealkylation sites (N-methyl/N-ethyl adjacent to an activating group) is 1. The van der Waals surface area contributed by atoms with Crippen molar-refractivity contribution in [2.24, 2.45) is 7.05 Å². The Hall–Kier alpha value is -1.86. The lowest BCUT2D eigenvalue weighted by molar-refractivity contribution is 0.0692.